The molecule has 11 aromatic rings. The molecule has 0 aliphatic rings. The van der Waals surface area contributed by atoms with Gasteiger partial charge in [-0.1, -0.05) is 140 Å². The fourth-order valence-electron chi connectivity index (χ4n) is 8.34. The van der Waals surface area contributed by atoms with Crippen LogP contribution in [-0.2, 0) is 0 Å². The highest BCUT2D eigenvalue weighted by Gasteiger charge is 2.18. The van der Waals surface area contributed by atoms with Crippen LogP contribution in [-0.4, -0.2) is 4.57 Å². The van der Waals surface area contributed by atoms with E-state index in [2.05, 4.69) is 204 Å². The average Bonchev–Trinajstić information content (AvgIpc) is 3.80. The van der Waals surface area contributed by atoms with Crippen molar-refractivity contribution < 1.29 is 4.42 Å². The Balaban J connectivity index is 1.04. The lowest BCUT2D eigenvalue weighted by Crippen LogP contribution is -2.09. The summed E-state index contributed by atoms with van der Waals surface area (Å²) in [5.41, 5.74) is 13.2. The number of hydrogen-bond acceptors (Lipinski definition) is 2. The molecular formula is C52H34N2O. The lowest BCUT2D eigenvalue weighted by molar-refractivity contribution is 0.669. The third kappa shape index (κ3) is 5.20. The van der Waals surface area contributed by atoms with Gasteiger partial charge in [0.2, 0.25) is 0 Å². The summed E-state index contributed by atoms with van der Waals surface area (Å²) in [7, 11) is 0. The van der Waals surface area contributed by atoms with E-state index >= 15 is 0 Å². The maximum absolute atomic E-state index is 6.36. The van der Waals surface area contributed by atoms with E-state index in [0.717, 1.165) is 50.3 Å². The van der Waals surface area contributed by atoms with Crippen molar-refractivity contribution in [1.29, 1.82) is 0 Å². The van der Waals surface area contributed by atoms with Crippen LogP contribution in [0.3, 0.4) is 0 Å². The quantitative estimate of drug-likeness (QED) is 0.172. The van der Waals surface area contributed by atoms with Crippen molar-refractivity contribution in [3.8, 4) is 27.9 Å². The second-order valence-electron chi connectivity index (χ2n) is 14.2. The monoisotopic (exact) mass is 702 g/mol. The van der Waals surface area contributed by atoms with Crippen LogP contribution in [0.1, 0.15) is 0 Å². The van der Waals surface area contributed by atoms with Gasteiger partial charge in [0.15, 0.2) is 0 Å². The zero-order valence-electron chi connectivity index (χ0n) is 29.9. The molecule has 0 fully saturated rings. The number of para-hydroxylation sites is 2. The predicted molar refractivity (Wildman–Crippen MR) is 231 cm³/mol. The number of nitrogens with zero attached hydrogens (tertiary/aromatic N) is 2. The summed E-state index contributed by atoms with van der Waals surface area (Å²) in [6.07, 6.45) is 0. The molecule has 0 aliphatic heterocycles. The first-order valence-corrected chi connectivity index (χ1v) is 18.8. The molecule has 0 saturated carbocycles. The van der Waals surface area contributed by atoms with Crippen LogP contribution in [0.25, 0.3) is 82.5 Å². The second-order valence-corrected chi connectivity index (χ2v) is 14.2. The van der Waals surface area contributed by atoms with Crippen molar-refractivity contribution in [2.75, 3.05) is 4.90 Å². The van der Waals surface area contributed by atoms with E-state index in [4.69, 9.17) is 4.42 Å². The summed E-state index contributed by atoms with van der Waals surface area (Å²) >= 11 is 0. The Morgan fingerprint density at radius 2 is 0.891 bits per heavy atom. The molecule has 2 aromatic heterocycles. The fraction of sp³-hybridized carbons (Fsp3) is 0. The number of benzene rings is 9. The topological polar surface area (TPSA) is 21.3 Å². The van der Waals surface area contributed by atoms with E-state index in [1.165, 1.54) is 49.3 Å². The van der Waals surface area contributed by atoms with Crippen molar-refractivity contribution in [3.05, 3.63) is 206 Å². The molecule has 2 heterocycles. The highest BCUT2D eigenvalue weighted by Crippen LogP contribution is 2.41. The number of hydrogen-bond donors (Lipinski definition) is 0. The summed E-state index contributed by atoms with van der Waals surface area (Å²) in [4.78, 5) is 2.31. The van der Waals surface area contributed by atoms with Gasteiger partial charge in [0.05, 0.1) is 11.0 Å². The maximum atomic E-state index is 6.36. The van der Waals surface area contributed by atoms with Gasteiger partial charge < -0.3 is 13.9 Å². The first kappa shape index (κ1) is 31.2. The zero-order chi connectivity index (χ0) is 36.3. The Labute approximate surface area is 318 Å². The van der Waals surface area contributed by atoms with Gasteiger partial charge in [-0.3, -0.25) is 0 Å². The Kier molecular flexibility index (Phi) is 7.17. The van der Waals surface area contributed by atoms with Gasteiger partial charge in [0.1, 0.15) is 11.2 Å². The van der Waals surface area contributed by atoms with E-state index in [-0.39, 0.29) is 0 Å². The maximum Gasteiger partial charge on any atom is 0.137 e. The average molecular weight is 703 g/mol. The van der Waals surface area contributed by atoms with E-state index in [9.17, 15) is 0 Å². The minimum Gasteiger partial charge on any atom is -0.456 e. The van der Waals surface area contributed by atoms with Crippen LogP contribution in [0.5, 0.6) is 0 Å². The minimum atomic E-state index is 0.871. The molecule has 0 saturated heterocycles. The summed E-state index contributed by atoms with van der Waals surface area (Å²) in [6, 6.07) is 73.9. The highest BCUT2D eigenvalue weighted by atomic mass is 16.3. The standard InChI is InChI=1S/C52H34N2O/c1-3-11-35(12-4-1)36-19-25-41(26-20-36)53(43-29-32-47-46-17-9-10-18-50(46)55-51(47)34-43)42-27-21-37(22-28-42)39-24-30-45-48-31-23-38-13-7-8-16-44(38)52(48)54(49(45)33-39)40-14-5-2-6-15-40/h1-34H. The van der Waals surface area contributed by atoms with Gasteiger partial charge in [0.25, 0.3) is 0 Å². The molecule has 3 nitrogen and oxygen atoms in total. The Bertz CT molecular complexity index is 3180. The SMILES string of the molecule is c1ccc(-c2ccc(N(c3ccc(-c4ccc5c6ccc7ccccc7c6n(-c6ccccc6)c5c4)cc3)c3ccc4c(c3)oc3ccccc34)cc2)cc1. The van der Waals surface area contributed by atoms with Gasteiger partial charge in [-0.15, -0.1) is 0 Å². The van der Waals surface area contributed by atoms with Gasteiger partial charge in [-0.05, 0) is 88.3 Å². The van der Waals surface area contributed by atoms with Gasteiger partial charge >= 0.3 is 0 Å². The molecule has 258 valence electrons. The van der Waals surface area contributed by atoms with Gasteiger partial charge in [-0.25, -0.2) is 0 Å². The van der Waals surface area contributed by atoms with Gasteiger partial charge in [0, 0.05) is 55.7 Å². The molecular weight excluding hydrogens is 669 g/mol. The smallest absolute Gasteiger partial charge is 0.137 e. The normalized spacial score (nSPS) is 11.6. The molecule has 11 rings (SSSR count). The number of furan rings is 1. The zero-order valence-corrected chi connectivity index (χ0v) is 29.9. The van der Waals surface area contributed by atoms with E-state index in [0.29, 0.717) is 0 Å². The first-order valence-electron chi connectivity index (χ1n) is 18.8. The summed E-state index contributed by atoms with van der Waals surface area (Å²) in [6.45, 7) is 0. The summed E-state index contributed by atoms with van der Waals surface area (Å²) < 4.78 is 8.79. The molecule has 0 N–H and O–H groups in total. The Hall–Kier alpha value is -7.36. The molecule has 0 aliphatic carbocycles. The van der Waals surface area contributed by atoms with Crippen molar-refractivity contribution >= 4 is 71.6 Å². The Morgan fingerprint density at radius 1 is 0.345 bits per heavy atom. The fourth-order valence-corrected chi connectivity index (χ4v) is 8.34. The van der Waals surface area contributed by atoms with Crippen LogP contribution < -0.4 is 4.90 Å². The number of fused-ring (bicyclic) bond motifs is 8. The lowest BCUT2D eigenvalue weighted by Gasteiger charge is -2.26. The number of anilines is 3. The minimum absolute atomic E-state index is 0.871. The van der Waals surface area contributed by atoms with Crippen LogP contribution in [0, 0.1) is 0 Å². The highest BCUT2D eigenvalue weighted by molar-refractivity contribution is 6.19. The van der Waals surface area contributed by atoms with Crippen LogP contribution >= 0.6 is 0 Å². The molecule has 0 spiro atoms. The molecule has 0 amide bonds. The number of rotatable bonds is 6. The molecule has 55 heavy (non-hydrogen) atoms. The predicted octanol–water partition coefficient (Wildman–Crippen LogP) is 14.6. The lowest BCUT2D eigenvalue weighted by atomic mass is 10.0. The summed E-state index contributed by atoms with van der Waals surface area (Å²) in [5, 5.41) is 7.24. The number of aromatic nitrogens is 1. The van der Waals surface area contributed by atoms with Gasteiger partial charge in [-0.2, -0.15) is 0 Å². The van der Waals surface area contributed by atoms with Crippen molar-refractivity contribution in [2.24, 2.45) is 0 Å². The van der Waals surface area contributed by atoms with Crippen LogP contribution in [0.15, 0.2) is 211 Å². The summed E-state index contributed by atoms with van der Waals surface area (Å²) in [5.74, 6) is 0. The molecule has 0 bridgehead atoms. The van der Waals surface area contributed by atoms with Crippen LogP contribution in [0.2, 0.25) is 0 Å². The third-order valence-corrected chi connectivity index (χ3v) is 11.0. The van der Waals surface area contributed by atoms with Crippen molar-refractivity contribution in [2.45, 2.75) is 0 Å². The van der Waals surface area contributed by atoms with Crippen molar-refractivity contribution in [3.63, 3.8) is 0 Å². The molecule has 3 heteroatoms. The first-order chi connectivity index (χ1) is 27.3. The van der Waals surface area contributed by atoms with Crippen LogP contribution in [0.4, 0.5) is 17.1 Å². The van der Waals surface area contributed by atoms with E-state index < -0.39 is 0 Å². The van der Waals surface area contributed by atoms with Crippen molar-refractivity contribution in [1.82, 2.24) is 4.57 Å². The van der Waals surface area contributed by atoms with E-state index in [1.54, 1.807) is 0 Å². The third-order valence-electron chi connectivity index (χ3n) is 11.0. The molecule has 9 aromatic carbocycles. The molecule has 0 unspecified atom stereocenters. The largest absolute Gasteiger partial charge is 0.456 e. The second kappa shape index (κ2) is 12.6. The van der Waals surface area contributed by atoms with E-state index in [1.807, 2.05) is 12.1 Å². The Morgan fingerprint density at radius 3 is 1.65 bits per heavy atom. The molecule has 0 radical (unpaired) electrons. The molecule has 0 atom stereocenters.